The van der Waals surface area contributed by atoms with Crippen molar-refractivity contribution >= 4 is 22.4 Å². The van der Waals surface area contributed by atoms with Crippen molar-refractivity contribution in [2.45, 2.75) is 13.8 Å². The minimum Gasteiger partial charge on any atom is -0.382 e. The molecule has 0 spiro atoms. The molecule has 5 nitrogen and oxygen atoms in total. The van der Waals surface area contributed by atoms with Gasteiger partial charge in [0.2, 0.25) is 0 Å². The monoisotopic (exact) mass is 317 g/mol. The van der Waals surface area contributed by atoms with Crippen LogP contribution in [-0.2, 0) is 0 Å². The van der Waals surface area contributed by atoms with Gasteiger partial charge in [0.1, 0.15) is 11.9 Å². The summed E-state index contributed by atoms with van der Waals surface area (Å²) in [6.45, 7) is 5.49. The molecule has 0 bridgehead atoms. The van der Waals surface area contributed by atoms with E-state index in [0.29, 0.717) is 17.9 Å². The molecule has 3 rings (SSSR count). The number of benzene rings is 1. The number of nitrogens with zero attached hydrogens (tertiary/aromatic N) is 3. The van der Waals surface area contributed by atoms with Gasteiger partial charge in [-0.15, -0.1) is 0 Å². The highest BCUT2D eigenvalue weighted by Gasteiger charge is 2.08. The number of hydrogen-bond acceptors (Lipinski definition) is 5. The summed E-state index contributed by atoms with van der Waals surface area (Å²) in [4.78, 5) is 8.84. The molecule has 0 atom stereocenters. The van der Waals surface area contributed by atoms with Crippen LogP contribution in [0.25, 0.3) is 10.9 Å². The summed E-state index contributed by atoms with van der Waals surface area (Å²) in [5.41, 5.74) is 4.85. The fourth-order valence-electron chi connectivity index (χ4n) is 2.66. The maximum atomic E-state index is 9.09. The van der Waals surface area contributed by atoms with E-state index in [-0.39, 0.29) is 0 Å². The molecule has 0 fully saturated rings. The van der Waals surface area contributed by atoms with Crippen LogP contribution in [0.4, 0.5) is 11.5 Å². The third-order valence-electron chi connectivity index (χ3n) is 4.03. The third-order valence-corrected chi connectivity index (χ3v) is 4.03. The van der Waals surface area contributed by atoms with Gasteiger partial charge in [-0.05, 0) is 37.6 Å². The molecular weight excluding hydrogens is 298 g/mol. The van der Waals surface area contributed by atoms with Crippen molar-refractivity contribution in [1.29, 1.82) is 5.26 Å². The Hall–Kier alpha value is -3.13. The zero-order valence-corrected chi connectivity index (χ0v) is 13.8. The molecule has 0 aliphatic rings. The number of fused-ring (bicyclic) bond motifs is 1. The molecule has 3 aromatic rings. The van der Waals surface area contributed by atoms with Gasteiger partial charge in [0, 0.05) is 36.1 Å². The van der Waals surface area contributed by atoms with E-state index in [4.69, 9.17) is 5.26 Å². The molecule has 0 saturated carbocycles. The number of nitrogens with one attached hydrogen (secondary N) is 2. The lowest BCUT2D eigenvalue weighted by atomic mass is 10.1. The minimum atomic E-state index is 0.555. The number of pyridine rings is 2. The van der Waals surface area contributed by atoms with Crippen LogP contribution in [0.5, 0.6) is 0 Å². The van der Waals surface area contributed by atoms with Crippen molar-refractivity contribution in [3.8, 4) is 6.07 Å². The van der Waals surface area contributed by atoms with E-state index in [1.807, 2.05) is 25.1 Å². The summed E-state index contributed by atoms with van der Waals surface area (Å²) in [7, 11) is 0. The lowest BCUT2D eigenvalue weighted by Crippen LogP contribution is -2.16. The maximum absolute atomic E-state index is 9.09. The Morgan fingerprint density at radius 2 is 1.83 bits per heavy atom. The fraction of sp³-hybridized carbons (Fsp3) is 0.211. The Labute approximate surface area is 141 Å². The number of anilines is 2. The van der Waals surface area contributed by atoms with Gasteiger partial charge in [-0.1, -0.05) is 18.2 Å². The second-order valence-corrected chi connectivity index (χ2v) is 5.58. The lowest BCUT2D eigenvalue weighted by Gasteiger charge is -2.15. The summed E-state index contributed by atoms with van der Waals surface area (Å²) in [6.07, 6.45) is 1.68. The lowest BCUT2D eigenvalue weighted by molar-refractivity contribution is 1.05. The predicted octanol–water partition coefficient (Wildman–Crippen LogP) is 3.64. The normalized spacial score (nSPS) is 10.4. The van der Waals surface area contributed by atoms with Crippen molar-refractivity contribution in [2.24, 2.45) is 0 Å². The van der Waals surface area contributed by atoms with Crippen LogP contribution in [-0.4, -0.2) is 23.1 Å². The zero-order valence-electron chi connectivity index (χ0n) is 13.8. The van der Waals surface area contributed by atoms with Gasteiger partial charge < -0.3 is 10.6 Å². The second-order valence-electron chi connectivity index (χ2n) is 5.58. The molecule has 24 heavy (non-hydrogen) atoms. The summed E-state index contributed by atoms with van der Waals surface area (Å²) in [6, 6.07) is 13.8. The van der Waals surface area contributed by atoms with Crippen LogP contribution in [0, 0.1) is 25.2 Å². The largest absolute Gasteiger partial charge is 0.382 e. The molecular formula is C19H19N5. The third kappa shape index (κ3) is 3.13. The fourth-order valence-corrected chi connectivity index (χ4v) is 2.66. The molecule has 0 amide bonds. The Balaban J connectivity index is 1.72. The average Bonchev–Trinajstić information content (AvgIpc) is 2.61. The van der Waals surface area contributed by atoms with E-state index in [0.717, 1.165) is 34.4 Å². The van der Waals surface area contributed by atoms with Gasteiger partial charge in [0.05, 0.1) is 11.1 Å². The highest BCUT2D eigenvalue weighted by Crippen LogP contribution is 2.27. The Morgan fingerprint density at radius 3 is 2.67 bits per heavy atom. The predicted molar refractivity (Wildman–Crippen MR) is 97.1 cm³/mol. The average molecular weight is 317 g/mol. The number of para-hydroxylation sites is 1. The Morgan fingerprint density at radius 1 is 1.04 bits per heavy atom. The second kappa shape index (κ2) is 6.97. The summed E-state index contributed by atoms with van der Waals surface area (Å²) >= 11 is 0. The molecule has 1 aromatic carbocycles. The van der Waals surface area contributed by atoms with Crippen LogP contribution in [0.1, 0.15) is 16.8 Å². The van der Waals surface area contributed by atoms with Crippen molar-refractivity contribution in [3.63, 3.8) is 0 Å². The van der Waals surface area contributed by atoms with E-state index in [2.05, 4.69) is 39.7 Å². The van der Waals surface area contributed by atoms with E-state index in [9.17, 15) is 0 Å². The number of nitriles is 1. The first-order valence-corrected chi connectivity index (χ1v) is 7.89. The smallest absolute Gasteiger partial charge is 0.143 e. The summed E-state index contributed by atoms with van der Waals surface area (Å²) < 4.78 is 0. The van der Waals surface area contributed by atoms with Crippen LogP contribution in [0.3, 0.4) is 0 Å². The number of aryl methyl sites for hydroxylation is 1. The van der Waals surface area contributed by atoms with E-state index >= 15 is 0 Å². The van der Waals surface area contributed by atoms with Gasteiger partial charge in [-0.2, -0.15) is 5.26 Å². The van der Waals surface area contributed by atoms with Crippen LogP contribution in [0.15, 0.2) is 42.6 Å². The molecule has 2 N–H and O–H groups in total. The van der Waals surface area contributed by atoms with Crippen LogP contribution < -0.4 is 10.6 Å². The number of hydrogen-bond donors (Lipinski definition) is 2. The quantitative estimate of drug-likeness (QED) is 0.703. The maximum Gasteiger partial charge on any atom is 0.143 e. The summed E-state index contributed by atoms with van der Waals surface area (Å²) in [5.74, 6) is 0.620. The molecule has 0 aliphatic carbocycles. The minimum absolute atomic E-state index is 0.555. The molecule has 2 aromatic heterocycles. The molecule has 5 heteroatoms. The molecule has 0 radical (unpaired) electrons. The van der Waals surface area contributed by atoms with Gasteiger partial charge >= 0.3 is 0 Å². The summed E-state index contributed by atoms with van der Waals surface area (Å²) in [5, 5.41) is 16.9. The van der Waals surface area contributed by atoms with E-state index < -0.39 is 0 Å². The van der Waals surface area contributed by atoms with Gasteiger partial charge in [-0.3, -0.25) is 4.98 Å². The van der Waals surface area contributed by atoms with Gasteiger partial charge in [-0.25, -0.2) is 4.98 Å². The first-order chi connectivity index (χ1) is 11.7. The van der Waals surface area contributed by atoms with Crippen molar-refractivity contribution in [2.75, 3.05) is 23.7 Å². The van der Waals surface area contributed by atoms with Crippen LogP contribution >= 0.6 is 0 Å². The number of aromatic nitrogens is 2. The molecule has 2 heterocycles. The topological polar surface area (TPSA) is 73.6 Å². The van der Waals surface area contributed by atoms with Gasteiger partial charge in [0.15, 0.2) is 0 Å². The molecule has 0 unspecified atom stereocenters. The highest BCUT2D eigenvalue weighted by molar-refractivity contribution is 5.93. The SMILES string of the molecule is Cc1nc2ccccc2c(NCCNc2ncccc2C#N)c1C. The number of rotatable bonds is 5. The van der Waals surface area contributed by atoms with Crippen LogP contribution in [0.2, 0.25) is 0 Å². The first-order valence-electron chi connectivity index (χ1n) is 7.89. The standard InChI is InChI=1S/C19H19N5/c1-13-14(2)24-17-8-4-3-7-16(17)18(13)21-10-11-23-19-15(12-20)6-5-9-22-19/h3-9H,10-11H2,1-2H3,(H,21,24)(H,22,23). The van der Waals surface area contributed by atoms with Crippen molar-refractivity contribution in [1.82, 2.24) is 9.97 Å². The molecule has 120 valence electrons. The highest BCUT2D eigenvalue weighted by atomic mass is 15.0. The van der Waals surface area contributed by atoms with E-state index in [1.165, 1.54) is 0 Å². The molecule has 0 saturated heterocycles. The molecule has 0 aliphatic heterocycles. The Kier molecular flexibility index (Phi) is 4.57. The van der Waals surface area contributed by atoms with E-state index in [1.54, 1.807) is 18.3 Å². The van der Waals surface area contributed by atoms with Crippen molar-refractivity contribution < 1.29 is 0 Å². The Bertz CT molecular complexity index is 911. The first kappa shape index (κ1) is 15.8. The van der Waals surface area contributed by atoms with Gasteiger partial charge in [0.25, 0.3) is 0 Å². The van der Waals surface area contributed by atoms with Crippen molar-refractivity contribution in [3.05, 3.63) is 59.4 Å². The zero-order chi connectivity index (χ0) is 16.9.